The molecule has 5 heteroatoms. The molecule has 0 spiro atoms. The van der Waals surface area contributed by atoms with Crippen molar-refractivity contribution in [3.8, 4) is 10.7 Å². The molecule has 4 aromatic rings. The standard InChI is InChI=1S/C21H18N4S/c1-2-8-17-16(7-1)21(24-20(23-17)19-10-5-13-26-19)25-12-4-9-18(25)15-6-3-11-22-14-15/h1-3,5-8,10-11,13-14,18H,4,9,12H2. The lowest BCUT2D eigenvalue weighted by atomic mass is 10.1. The number of thiophene rings is 1. The van der Waals surface area contributed by atoms with Gasteiger partial charge in [-0.1, -0.05) is 24.3 Å². The van der Waals surface area contributed by atoms with Gasteiger partial charge in [-0.2, -0.15) is 0 Å². The lowest BCUT2D eigenvalue weighted by Gasteiger charge is -2.27. The molecule has 0 saturated carbocycles. The highest BCUT2D eigenvalue weighted by Crippen LogP contribution is 2.39. The van der Waals surface area contributed by atoms with Crippen molar-refractivity contribution in [2.45, 2.75) is 18.9 Å². The van der Waals surface area contributed by atoms with Crippen LogP contribution < -0.4 is 4.90 Å². The summed E-state index contributed by atoms with van der Waals surface area (Å²) >= 11 is 1.68. The first kappa shape index (κ1) is 15.5. The number of fused-ring (bicyclic) bond motifs is 1. The van der Waals surface area contributed by atoms with Crippen LogP contribution in [0, 0.1) is 0 Å². The zero-order valence-electron chi connectivity index (χ0n) is 14.2. The molecule has 4 nitrogen and oxygen atoms in total. The Kier molecular flexibility index (Phi) is 3.87. The first-order valence-electron chi connectivity index (χ1n) is 8.87. The van der Waals surface area contributed by atoms with E-state index in [0.717, 1.165) is 46.8 Å². The normalized spacial score (nSPS) is 17.1. The molecule has 0 amide bonds. The van der Waals surface area contributed by atoms with E-state index in [1.165, 1.54) is 5.56 Å². The summed E-state index contributed by atoms with van der Waals surface area (Å²) in [5.41, 5.74) is 2.25. The Labute approximate surface area is 156 Å². The zero-order chi connectivity index (χ0) is 17.3. The fourth-order valence-corrected chi connectivity index (χ4v) is 4.39. The van der Waals surface area contributed by atoms with E-state index < -0.39 is 0 Å². The van der Waals surface area contributed by atoms with E-state index in [-0.39, 0.29) is 0 Å². The molecule has 0 N–H and O–H groups in total. The molecule has 0 aliphatic carbocycles. The zero-order valence-corrected chi connectivity index (χ0v) is 15.1. The predicted molar refractivity (Wildman–Crippen MR) is 106 cm³/mol. The first-order valence-corrected chi connectivity index (χ1v) is 9.75. The van der Waals surface area contributed by atoms with Crippen molar-refractivity contribution in [1.29, 1.82) is 0 Å². The molecule has 1 atom stereocenters. The van der Waals surface area contributed by atoms with Crippen LogP contribution in [0.2, 0.25) is 0 Å². The fraction of sp³-hybridized carbons (Fsp3) is 0.190. The molecule has 3 aromatic heterocycles. The van der Waals surface area contributed by atoms with E-state index in [9.17, 15) is 0 Å². The van der Waals surface area contributed by atoms with Gasteiger partial charge >= 0.3 is 0 Å². The predicted octanol–water partition coefficient (Wildman–Crippen LogP) is 5.09. The van der Waals surface area contributed by atoms with E-state index in [1.54, 1.807) is 11.3 Å². The van der Waals surface area contributed by atoms with Crippen molar-refractivity contribution >= 4 is 28.1 Å². The minimum Gasteiger partial charge on any atom is -0.349 e. The van der Waals surface area contributed by atoms with Crippen LogP contribution in [0.25, 0.3) is 21.6 Å². The highest BCUT2D eigenvalue weighted by atomic mass is 32.1. The van der Waals surface area contributed by atoms with Crippen molar-refractivity contribution in [1.82, 2.24) is 15.0 Å². The summed E-state index contributed by atoms with van der Waals surface area (Å²) in [6.07, 6.45) is 6.09. The molecule has 4 heterocycles. The SMILES string of the molecule is c1cncc(C2CCCN2c2nc(-c3cccs3)nc3ccccc23)c1. The molecular weight excluding hydrogens is 340 g/mol. The Morgan fingerprint density at radius 2 is 1.96 bits per heavy atom. The molecule has 1 aliphatic rings. The average Bonchev–Trinajstić information content (AvgIpc) is 3.40. The van der Waals surface area contributed by atoms with Crippen LogP contribution in [0.15, 0.2) is 66.3 Å². The largest absolute Gasteiger partial charge is 0.349 e. The number of rotatable bonds is 3. The van der Waals surface area contributed by atoms with Crippen LogP contribution in [-0.2, 0) is 0 Å². The van der Waals surface area contributed by atoms with Crippen LogP contribution in [0.1, 0.15) is 24.4 Å². The fourth-order valence-electron chi connectivity index (χ4n) is 3.73. The molecule has 128 valence electrons. The van der Waals surface area contributed by atoms with Gasteiger partial charge in [0.2, 0.25) is 0 Å². The molecule has 5 rings (SSSR count). The van der Waals surface area contributed by atoms with Gasteiger partial charge in [-0.25, -0.2) is 9.97 Å². The summed E-state index contributed by atoms with van der Waals surface area (Å²) in [6.45, 7) is 1.00. The second-order valence-corrected chi connectivity index (χ2v) is 7.45. The van der Waals surface area contributed by atoms with E-state index in [2.05, 4.69) is 45.6 Å². The minimum absolute atomic E-state index is 0.318. The van der Waals surface area contributed by atoms with E-state index in [4.69, 9.17) is 9.97 Å². The average molecular weight is 358 g/mol. The molecular formula is C21H18N4S. The van der Waals surface area contributed by atoms with Crippen LogP contribution in [-0.4, -0.2) is 21.5 Å². The first-order chi connectivity index (χ1) is 12.9. The number of hydrogen-bond donors (Lipinski definition) is 0. The topological polar surface area (TPSA) is 41.9 Å². The third-order valence-electron chi connectivity index (χ3n) is 4.92. The number of hydrogen-bond acceptors (Lipinski definition) is 5. The summed E-state index contributed by atoms with van der Waals surface area (Å²) < 4.78 is 0. The summed E-state index contributed by atoms with van der Waals surface area (Å²) in [5, 5.41) is 3.19. The van der Waals surface area contributed by atoms with Crippen LogP contribution in [0.4, 0.5) is 5.82 Å². The van der Waals surface area contributed by atoms with Gasteiger partial charge < -0.3 is 4.90 Å². The van der Waals surface area contributed by atoms with Crippen LogP contribution >= 0.6 is 11.3 Å². The summed E-state index contributed by atoms with van der Waals surface area (Å²) in [4.78, 5) is 17.7. The summed E-state index contributed by atoms with van der Waals surface area (Å²) in [7, 11) is 0. The number of nitrogens with zero attached hydrogens (tertiary/aromatic N) is 4. The number of anilines is 1. The summed E-state index contributed by atoms with van der Waals surface area (Å²) in [5.74, 6) is 1.84. The van der Waals surface area contributed by atoms with E-state index in [1.807, 2.05) is 30.6 Å². The lowest BCUT2D eigenvalue weighted by molar-refractivity contribution is 0.710. The molecule has 0 radical (unpaired) electrons. The van der Waals surface area contributed by atoms with Crippen molar-refractivity contribution < 1.29 is 0 Å². The quantitative estimate of drug-likeness (QED) is 0.511. The smallest absolute Gasteiger partial charge is 0.172 e. The van der Waals surface area contributed by atoms with Crippen molar-refractivity contribution in [3.63, 3.8) is 0 Å². The Bertz CT molecular complexity index is 1030. The number of benzene rings is 1. The molecule has 1 aliphatic heterocycles. The van der Waals surface area contributed by atoms with Gasteiger partial charge in [0.25, 0.3) is 0 Å². The van der Waals surface area contributed by atoms with E-state index in [0.29, 0.717) is 6.04 Å². The third-order valence-corrected chi connectivity index (χ3v) is 5.78. The molecule has 1 saturated heterocycles. The number of para-hydroxylation sites is 1. The van der Waals surface area contributed by atoms with Gasteiger partial charge in [-0.15, -0.1) is 11.3 Å². The second-order valence-electron chi connectivity index (χ2n) is 6.50. The number of pyridine rings is 1. The molecule has 0 bridgehead atoms. The van der Waals surface area contributed by atoms with Gasteiger partial charge in [0.1, 0.15) is 5.82 Å². The van der Waals surface area contributed by atoms with E-state index >= 15 is 0 Å². The van der Waals surface area contributed by atoms with Gasteiger partial charge in [0.15, 0.2) is 5.82 Å². The van der Waals surface area contributed by atoms with Crippen LogP contribution in [0.3, 0.4) is 0 Å². The third kappa shape index (κ3) is 2.65. The van der Waals surface area contributed by atoms with Crippen molar-refractivity contribution in [2.24, 2.45) is 0 Å². The Morgan fingerprint density at radius 1 is 1.00 bits per heavy atom. The highest BCUT2D eigenvalue weighted by molar-refractivity contribution is 7.13. The Hall–Kier alpha value is -2.79. The molecule has 1 unspecified atom stereocenters. The lowest BCUT2D eigenvalue weighted by Crippen LogP contribution is -2.24. The van der Waals surface area contributed by atoms with Gasteiger partial charge in [0.05, 0.1) is 16.4 Å². The summed E-state index contributed by atoms with van der Waals surface area (Å²) in [6, 6.07) is 16.9. The molecule has 1 aromatic carbocycles. The maximum Gasteiger partial charge on any atom is 0.172 e. The maximum atomic E-state index is 5.01. The van der Waals surface area contributed by atoms with Crippen molar-refractivity contribution in [2.75, 3.05) is 11.4 Å². The minimum atomic E-state index is 0.318. The highest BCUT2D eigenvalue weighted by Gasteiger charge is 2.29. The van der Waals surface area contributed by atoms with Gasteiger partial charge in [-0.05, 0) is 48.1 Å². The van der Waals surface area contributed by atoms with Gasteiger partial charge in [0, 0.05) is 24.3 Å². The maximum absolute atomic E-state index is 5.01. The second kappa shape index (κ2) is 6.50. The van der Waals surface area contributed by atoms with Crippen molar-refractivity contribution in [3.05, 3.63) is 71.9 Å². The molecule has 26 heavy (non-hydrogen) atoms. The van der Waals surface area contributed by atoms with Gasteiger partial charge in [-0.3, -0.25) is 4.98 Å². The monoisotopic (exact) mass is 358 g/mol. The van der Waals surface area contributed by atoms with Crippen LogP contribution in [0.5, 0.6) is 0 Å². The Morgan fingerprint density at radius 3 is 2.81 bits per heavy atom. The number of aromatic nitrogens is 3. The Balaban J connectivity index is 1.68. The molecule has 1 fully saturated rings.